The molecule has 0 radical (unpaired) electrons. The van der Waals surface area contributed by atoms with Crippen molar-refractivity contribution in [2.75, 3.05) is 12.4 Å². The van der Waals surface area contributed by atoms with Gasteiger partial charge in [0.2, 0.25) is 11.8 Å². The van der Waals surface area contributed by atoms with Crippen molar-refractivity contribution in [3.8, 4) is 10.4 Å². The maximum atomic E-state index is 12.8. The van der Waals surface area contributed by atoms with Gasteiger partial charge in [-0.1, -0.05) is 18.6 Å². The third-order valence-corrected chi connectivity index (χ3v) is 8.83. The van der Waals surface area contributed by atoms with E-state index in [0.29, 0.717) is 18.6 Å². The summed E-state index contributed by atoms with van der Waals surface area (Å²) in [6.45, 7) is 0.679. The van der Waals surface area contributed by atoms with Crippen LogP contribution in [0.4, 0.5) is 0 Å². The van der Waals surface area contributed by atoms with E-state index in [4.69, 9.17) is 15.3 Å². The van der Waals surface area contributed by atoms with Crippen LogP contribution < -0.4 is 11.2 Å². The largest absolute Gasteiger partial charge is 0.366 e. The van der Waals surface area contributed by atoms with Crippen LogP contribution in [0.2, 0.25) is 0 Å². The second-order valence-electron chi connectivity index (χ2n) is 8.02. The van der Waals surface area contributed by atoms with Crippen molar-refractivity contribution < 1.29 is 19.2 Å². The van der Waals surface area contributed by atoms with E-state index in [1.54, 1.807) is 23.5 Å². The van der Waals surface area contributed by atoms with Gasteiger partial charge in [0.15, 0.2) is 6.29 Å². The van der Waals surface area contributed by atoms with E-state index in [9.17, 15) is 9.59 Å². The Kier molecular flexibility index (Phi) is 7.32. The molecule has 2 aliphatic heterocycles. The first-order valence-corrected chi connectivity index (χ1v) is 12.6. The molecule has 0 bridgehead atoms. The van der Waals surface area contributed by atoms with Crippen molar-refractivity contribution >= 4 is 34.9 Å². The van der Waals surface area contributed by atoms with Gasteiger partial charge in [-0.2, -0.15) is 0 Å². The summed E-state index contributed by atoms with van der Waals surface area (Å²) in [5, 5.41) is 0. The molecule has 0 spiro atoms. The zero-order valence-electron chi connectivity index (χ0n) is 17.4. The standard InChI is InChI=1S/C23H28N2O4S2/c24-22(27)17-8-6-16(7-9-17)18-10-11-19(31-18)23(12-2-4-14-30-23)15-20(26)25-29-21-5-1-3-13-28-21/h6-11,21H,1-5,12-15H2,(H2,24,27)(H,25,26)/t21?,23-/m0/s1. The molecule has 3 N–H and O–H groups in total. The van der Waals surface area contributed by atoms with Gasteiger partial charge in [0, 0.05) is 34.8 Å². The van der Waals surface area contributed by atoms with E-state index in [0.717, 1.165) is 48.3 Å². The average molecular weight is 461 g/mol. The highest BCUT2D eigenvalue weighted by Gasteiger charge is 2.38. The van der Waals surface area contributed by atoms with Crippen molar-refractivity contribution in [2.45, 2.75) is 56.0 Å². The molecule has 3 heterocycles. The third-order valence-electron chi connectivity index (χ3n) is 5.75. The first-order valence-electron chi connectivity index (χ1n) is 10.8. The lowest BCUT2D eigenvalue weighted by atomic mass is 9.94. The number of hydrogen-bond acceptors (Lipinski definition) is 6. The fourth-order valence-electron chi connectivity index (χ4n) is 4.04. The van der Waals surface area contributed by atoms with Crippen molar-refractivity contribution in [1.29, 1.82) is 0 Å². The van der Waals surface area contributed by atoms with Gasteiger partial charge in [-0.15, -0.1) is 23.1 Å². The van der Waals surface area contributed by atoms with Gasteiger partial charge in [-0.3, -0.25) is 9.59 Å². The number of nitrogens with one attached hydrogen (secondary N) is 1. The smallest absolute Gasteiger partial charge is 0.248 e. The minimum absolute atomic E-state index is 0.107. The van der Waals surface area contributed by atoms with Crippen LogP contribution in [0.3, 0.4) is 0 Å². The lowest BCUT2D eigenvalue weighted by Crippen LogP contribution is -2.37. The molecule has 0 saturated carbocycles. The van der Waals surface area contributed by atoms with Gasteiger partial charge >= 0.3 is 0 Å². The number of carbonyl (C=O) groups is 2. The lowest BCUT2D eigenvalue weighted by Gasteiger charge is -2.35. The summed E-state index contributed by atoms with van der Waals surface area (Å²) >= 11 is 3.58. The quantitative estimate of drug-likeness (QED) is 0.590. The van der Waals surface area contributed by atoms with Gasteiger partial charge in [0.05, 0.1) is 4.75 Å². The summed E-state index contributed by atoms with van der Waals surface area (Å²) in [6.07, 6.45) is 6.18. The number of thiophene rings is 1. The fraction of sp³-hybridized carbons (Fsp3) is 0.478. The summed E-state index contributed by atoms with van der Waals surface area (Å²) in [4.78, 5) is 31.9. The molecule has 1 aromatic carbocycles. The molecule has 2 amide bonds. The Labute approximate surface area is 190 Å². The highest BCUT2D eigenvalue weighted by atomic mass is 32.2. The Morgan fingerprint density at radius 2 is 1.97 bits per heavy atom. The SMILES string of the molecule is NC(=O)c1ccc(-c2ccc([C@@]3(CC(=O)NOC4CCCCO4)CCCCS3)s2)cc1. The highest BCUT2D eigenvalue weighted by molar-refractivity contribution is 8.00. The van der Waals surface area contributed by atoms with E-state index in [1.165, 1.54) is 11.3 Å². The van der Waals surface area contributed by atoms with Crippen molar-refractivity contribution in [1.82, 2.24) is 5.48 Å². The van der Waals surface area contributed by atoms with Crippen LogP contribution in [0.25, 0.3) is 10.4 Å². The maximum absolute atomic E-state index is 12.8. The van der Waals surface area contributed by atoms with E-state index >= 15 is 0 Å². The Balaban J connectivity index is 1.47. The Morgan fingerprint density at radius 1 is 1.13 bits per heavy atom. The van der Waals surface area contributed by atoms with Crippen LogP contribution in [0.5, 0.6) is 0 Å². The number of nitrogens with two attached hydrogens (primary N) is 1. The summed E-state index contributed by atoms with van der Waals surface area (Å²) < 4.78 is 5.29. The van der Waals surface area contributed by atoms with Crippen LogP contribution in [0, 0.1) is 0 Å². The monoisotopic (exact) mass is 460 g/mol. The molecule has 166 valence electrons. The lowest BCUT2D eigenvalue weighted by molar-refractivity contribution is -0.200. The molecular formula is C23H28N2O4S2. The Hall–Kier alpha value is -1.87. The van der Waals surface area contributed by atoms with Gasteiger partial charge in [-0.25, -0.2) is 10.3 Å². The molecule has 0 aliphatic carbocycles. The number of amides is 2. The van der Waals surface area contributed by atoms with Gasteiger partial charge < -0.3 is 10.5 Å². The first-order chi connectivity index (χ1) is 15.1. The van der Waals surface area contributed by atoms with E-state index < -0.39 is 5.91 Å². The molecule has 2 saturated heterocycles. The number of hydroxylamine groups is 1. The highest BCUT2D eigenvalue weighted by Crippen LogP contribution is 2.50. The summed E-state index contributed by atoms with van der Waals surface area (Å²) in [5.41, 5.74) is 9.52. The maximum Gasteiger partial charge on any atom is 0.248 e. The molecule has 4 rings (SSSR count). The number of ether oxygens (including phenoxy) is 1. The van der Waals surface area contributed by atoms with Crippen LogP contribution in [0.15, 0.2) is 36.4 Å². The summed E-state index contributed by atoms with van der Waals surface area (Å²) in [6, 6.07) is 11.6. The number of primary amides is 1. The molecule has 2 aromatic rings. The average Bonchev–Trinajstić information content (AvgIpc) is 3.30. The van der Waals surface area contributed by atoms with E-state index in [1.807, 2.05) is 23.9 Å². The third kappa shape index (κ3) is 5.49. The van der Waals surface area contributed by atoms with Crippen molar-refractivity contribution in [3.05, 3.63) is 46.8 Å². The van der Waals surface area contributed by atoms with Crippen LogP contribution in [-0.4, -0.2) is 30.5 Å². The molecule has 31 heavy (non-hydrogen) atoms. The molecule has 2 atom stereocenters. The van der Waals surface area contributed by atoms with E-state index in [-0.39, 0.29) is 16.9 Å². The molecule has 6 nitrogen and oxygen atoms in total. The minimum Gasteiger partial charge on any atom is -0.366 e. The topological polar surface area (TPSA) is 90.7 Å². The number of benzene rings is 1. The number of thioether (sulfide) groups is 1. The predicted octanol–water partition coefficient (Wildman–Crippen LogP) is 4.59. The van der Waals surface area contributed by atoms with E-state index in [2.05, 4.69) is 17.6 Å². The van der Waals surface area contributed by atoms with Crippen LogP contribution >= 0.6 is 23.1 Å². The molecular weight excluding hydrogens is 432 g/mol. The minimum atomic E-state index is -0.428. The summed E-state index contributed by atoms with van der Waals surface area (Å²) in [5.74, 6) is 0.507. The van der Waals surface area contributed by atoms with Crippen molar-refractivity contribution in [2.24, 2.45) is 5.73 Å². The van der Waals surface area contributed by atoms with Gasteiger partial charge in [0.25, 0.3) is 0 Å². The van der Waals surface area contributed by atoms with Crippen molar-refractivity contribution in [3.63, 3.8) is 0 Å². The number of hydrogen-bond donors (Lipinski definition) is 2. The normalized spacial score (nSPS) is 23.9. The molecule has 8 heteroatoms. The summed E-state index contributed by atoms with van der Waals surface area (Å²) in [7, 11) is 0. The fourth-order valence-corrected chi connectivity index (χ4v) is 6.94. The van der Waals surface area contributed by atoms with Gasteiger partial charge in [-0.05, 0) is 61.3 Å². The Morgan fingerprint density at radius 3 is 2.65 bits per heavy atom. The molecule has 1 unspecified atom stereocenters. The first kappa shape index (κ1) is 22.3. The number of carbonyl (C=O) groups excluding carboxylic acids is 2. The Bertz CT molecular complexity index is 901. The number of rotatable bonds is 7. The second kappa shape index (κ2) is 10.2. The van der Waals surface area contributed by atoms with Crippen LogP contribution in [-0.2, 0) is 19.1 Å². The molecule has 2 fully saturated rings. The van der Waals surface area contributed by atoms with Gasteiger partial charge in [0.1, 0.15) is 0 Å². The predicted molar refractivity (Wildman–Crippen MR) is 124 cm³/mol. The molecule has 2 aliphatic rings. The van der Waals surface area contributed by atoms with Crippen LogP contribution in [0.1, 0.15) is 60.2 Å². The zero-order chi connectivity index (χ0) is 21.7. The molecule has 1 aromatic heterocycles. The second-order valence-corrected chi connectivity index (χ2v) is 10.6. The zero-order valence-corrected chi connectivity index (χ0v) is 19.1.